The van der Waals surface area contributed by atoms with Gasteiger partial charge in [-0.1, -0.05) is 0 Å². The van der Waals surface area contributed by atoms with E-state index in [1.54, 1.807) is 42.1 Å². The van der Waals surface area contributed by atoms with E-state index in [2.05, 4.69) is 15.4 Å². The van der Waals surface area contributed by atoms with Crippen molar-refractivity contribution in [2.24, 2.45) is 0 Å². The summed E-state index contributed by atoms with van der Waals surface area (Å²) in [5.41, 5.74) is 2.50. The fourth-order valence-electron chi connectivity index (χ4n) is 2.99. The minimum absolute atomic E-state index is 0.252. The zero-order valence-electron chi connectivity index (χ0n) is 16.5. The summed E-state index contributed by atoms with van der Waals surface area (Å²) in [5.74, 6) is -0.192. The van der Waals surface area contributed by atoms with Gasteiger partial charge in [-0.15, -0.1) is 0 Å². The van der Waals surface area contributed by atoms with E-state index in [4.69, 9.17) is 4.74 Å². The molecular weight excluding hydrogens is 402 g/mol. The van der Waals surface area contributed by atoms with Crippen LogP contribution in [0.4, 0.5) is 8.78 Å². The Morgan fingerprint density at radius 3 is 2.42 bits per heavy atom. The summed E-state index contributed by atoms with van der Waals surface area (Å²) in [6, 6.07) is 14.9. The molecule has 0 bridgehead atoms. The highest BCUT2D eigenvalue weighted by atomic mass is 19.1. The smallest absolute Gasteiger partial charge is 0.255 e. The molecule has 1 amide bonds. The van der Waals surface area contributed by atoms with Gasteiger partial charge in [0.1, 0.15) is 17.4 Å². The number of hydrogen-bond donors (Lipinski definition) is 1. The van der Waals surface area contributed by atoms with Crippen molar-refractivity contribution in [1.82, 2.24) is 20.1 Å². The third-order valence-corrected chi connectivity index (χ3v) is 4.61. The molecule has 0 saturated carbocycles. The van der Waals surface area contributed by atoms with Crippen LogP contribution < -0.4 is 10.1 Å². The van der Waals surface area contributed by atoms with Crippen LogP contribution in [-0.2, 0) is 6.54 Å². The standard InChI is InChI=1S/C23H18F2N4O2/c1-15-21(14-28-29(15)19-6-2-17(24)3-7-19)23(30)27-13-16-10-11-26-22(12-16)31-20-8-4-18(25)5-9-20/h2-12,14H,13H2,1H3,(H,27,30). The third-order valence-electron chi connectivity index (χ3n) is 4.61. The van der Waals surface area contributed by atoms with Gasteiger partial charge in [0.2, 0.25) is 5.88 Å². The summed E-state index contributed by atoms with van der Waals surface area (Å²) in [7, 11) is 0. The zero-order valence-corrected chi connectivity index (χ0v) is 16.5. The summed E-state index contributed by atoms with van der Waals surface area (Å²) in [6.45, 7) is 2.02. The van der Waals surface area contributed by atoms with Gasteiger partial charge in [0.05, 0.1) is 23.1 Å². The highest BCUT2D eigenvalue weighted by molar-refractivity contribution is 5.95. The second-order valence-electron chi connectivity index (χ2n) is 6.77. The van der Waals surface area contributed by atoms with E-state index in [9.17, 15) is 13.6 Å². The van der Waals surface area contributed by atoms with Crippen LogP contribution in [0.1, 0.15) is 21.6 Å². The van der Waals surface area contributed by atoms with Crippen molar-refractivity contribution >= 4 is 5.91 Å². The summed E-state index contributed by atoms with van der Waals surface area (Å²) in [6.07, 6.45) is 3.04. The Labute approximate surface area is 177 Å². The lowest BCUT2D eigenvalue weighted by molar-refractivity contribution is 0.0950. The first-order valence-electron chi connectivity index (χ1n) is 9.47. The summed E-state index contributed by atoms with van der Waals surface area (Å²) in [4.78, 5) is 16.8. The molecular formula is C23H18F2N4O2. The highest BCUT2D eigenvalue weighted by Gasteiger charge is 2.15. The maximum Gasteiger partial charge on any atom is 0.255 e. The number of benzene rings is 2. The lowest BCUT2D eigenvalue weighted by Gasteiger charge is -2.08. The van der Waals surface area contributed by atoms with Gasteiger partial charge in [-0.3, -0.25) is 4.79 Å². The maximum atomic E-state index is 13.1. The molecule has 0 spiro atoms. The molecule has 0 atom stereocenters. The Bertz CT molecular complexity index is 1210. The van der Waals surface area contributed by atoms with E-state index in [0.717, 1.165) is 5.56 Å². The van der Waals surface area contributed by atoms with Gasteiger partial charge in [0.15, 0.2) is 0 Å². The number of ether oxygens (including phenoxy) is 1. The molecule has 8 heteroatoms. The number of rotatable bonds is 6. The van der Waals surface area contributed by atoms with Gasteiger partial charge in [-0.25, -0.2) is 18.4 Å². The second-order valence-corrected chi connectivity index (χ2v) is 6.77. The Morgan fingerprint density at radius 2 is 1.71 bits per heavy atom. The van der Waals surface area contributed by atoms with Crippen LogP contribution in [0.3, 0.4) is 0 Å². The number of halogens is 2. The average Bonchev–Trinajstić information content (AvgIpc) is 3.16. The van der Waals surface area contributed by atoms with Crippen LogP contribution in [0.25, 0.3) is 5.69 Å². The fourth-order valence-corrected chi connectivity index (χ4v) is 2.99. The molecule has 4 rings (SSSR count). The number of aromatic nitrogens is 3. The van der Waals surface area contributed by atoms with Gasteiger partial charge >= 0.3 is 0 Å². The number of hydrogen-bond acceptors (Lipinski definition) is 4. The minimum atomic E-state index is -0.352. The number of pyridine rings is 1. The summed E-state index contributed by atoms with van der Waals surface area (Å²) < 4.78 is 33.4. The van der Waals surface area contributed by atoms with E-state index in [1.165, 1.54) is 42.6 Å². The van der Waals surface area contributed by atoms with Crippen molar-refractivity contribution in [3.05, 3.63) is 102 Å². The van der Waals surface area contributed by atoms with E-state index in [0.29, 0.717) is 28.6 Å². The van der Waals surface area contributed by atoms with Crippen LogP contribution in [0.15, 0.2) is 73.1 Å². The normalized spacial score (nSPS) is 10.7. The number of carbonyl (C=O) groups excluding carboxylic acids is 1. The topological polar surface area (TPSA) is 69.0 Å². The first-order chi connectivity index (χ1) is 15.0. The van der Waals surface area contributed by atoms with Gasteiger partial charge in [0, 0.05) is 18.8 Å². The van der Waals surface area contributed by atoms with E-state index in [-0.39, 0.29) is 24.1 Å². The molecule has 0 unspecified atom stereocenters. The molecule has 6 nitrogen and oxygen atoms in total. The molecule has 4 aromatic rings. The van der Waals surface area contributed by atoms with Crippen molar-refractivity contribution in [3.63, 3.8) is 0 Å². The maximum absolute atomic E-state index is 13.1. The SMILES string of the molecule is Cc1c(C(=O)NCc2ccnc(Oc3ccc(F)cc3)c2)cnn1-c1ccc(F)cc1. The van der Waals surface area contributed by atoms with Crippen LogP contribution in [0.5, 0.6) is 11.6 Å². The molecule has 0 radical (unpaired) electrons. The van der Waals surface area contributed by atoms with Crippen LogP contribution in [0.2, 0.25) is 0 Å². The molecule has 0 fully saturated rings. The summed E-state index contributed by atoms with van der Waals surface area (Å²) in [5, 5.41) is 7.08. The predicted molar refractivity (Wildman–Crippen MR) is 110 cm³/mol. The van der Waals surface area contributed by atoms with Crippen molar-refractivity contribution in [1.29, 1.82) is 0 Å². The van der Waals surface area contributed by atoms with Gasteiger partial charge in [-0.2, -0.15) is 5.10 Å². The average molecular weight is 420 g/mol. The Kier molecular flexibility index (Phi) is 5.70. The van der Waals surface area contributed by atoms with Crippen molar-refractivity contribution in [3.8, 4) is 17.3 Å². The molecule has 2 heterocycles. The molecule has 0 saturated heterocycles. The minimum Gasteiger partial charge on any atom is -0.439 e. The molecule has 1 N–H and O–H groups in total. The second kappa shape index (κ2) is 8.74. The Balaban J connectivity index is 1.42. The van der Waals surface area contributed by atoms with Gasteiger partial charge in [-0.05, 0) is 67.1 Å². The van der Waals surface area contributed by atoms with E-state index >= 15 is 0 Å². The largest absolute Gasteiger partial charge is 0.439 e. The molecule has 0 aliphatic carbocycles. The number of carbonyl (C=O) groups is 1. The highest BCUT2D eigenvalue weighted by Crippen LogP contribution is 2.20. The summed E-state index contributed by atoms with van der Waals surface area (Å²) >= 11 is 0. The van der Waals surface area contributed by atoms with E-state index in [1.807, 2.05) is 0 Å². The molecule has 31 heavy (non-hydrogen) atoms. The monoisotopic (exact) mass is 420 g/mol. The van der Waals surface area contributed by atoms with Crippen molar-refractivity contribution < 1.29 is 18.3 Å². The first-order valence-corrected chi connectivity index (χ1v) is 9.47. The Hall–Kier alpha value is -4.07. The molecule has 156 valence electrons. The zero-order chi connectivity index (χ0) is 21.8. The predicted octanol–water partition coefficient (Wildman–Crippen LogP) is 4.58. The number of amides is 1. The molecule has 2 aromatic heterocycles. The molecule has 0 aliphatic heterocycles. The first kappa shape index (κ1) is 20.2. The Morgan fingerprint density at radius 1 is 1.03 bits per heavy atom. The van der Waals surface area contributed by atoms with Gasteiger partial charge in [0.25, 0.3) is 5.91 Å². The number of nitrogens with one attached hydrogen (secondary N) is 1. The van der Waals surface area contributed by atoms with E-state index < -0.39 is 0 Å². The number of nitrogens with zero attached hydrogens (tertiary/aromatic N) is 3. The lowest BCUT2D eigenvalue weighted by Crippen LogP contribution is -2.23. The van der Waals surface area contributed by atoms with Crippen molar-refractivity contribution in [2.75, 3.05) is 0 Å². The van der Waals surface area contributed by atoms with Crippen molar-refractivity contribution in [2.45, 2.75) is 13.5 Å². The van der Waals surface area contributed by atoms with Crippen LogP contribution >= 0.6 is 0 Å². The van der Waals surface area contributed by atoms with Gasteiger partial charge < -0.3 is 10.1 Å². The quantitative estimate of drug-likeness (QED) is 0.496. The third kappa shape index (κ3) is 4.75. The fraction of sp³-hybridized carbons (Fsp3) is 0.0870. The molecule has 2 aromatic carbocycles. The lowest BCUT2D eigenvalue weighted by atomic mass is 10.2. The van der Waals surface area contributed by atoms with Crippen LogP contribution in [0, 0.1) is 18.6 Å². The van der Waals surface area contributed by atoms with Crippen LogP contribution in [-0.4, -0.2) is 20.7 Å². The molecule has 0 aliphatic rings.